The first-order valence-corrected chi connectivity index (χ1v) is 6.65. The zero-order valence-corrected chi connectivity index (χ0v) is 11.9. The van der Waals surface area contributed by atoms with Crippen molar-refractivity contribution < 1.29 is 14.6 Å². The average molecular weight is 296 g/mol. The fourth-order valence-electron chi connectivity index (χ4n) is 1.68. The Kier molecular flexibility index (Phi) is 5.31. The van der Waals surface area contributed by atoms with Gasteiger partial charge in [-0.2, -0.15) is 5.10 Å². The molecule has 0 heterocycles. The Morgan fingerprint density at radius 1 is 1.27 bits per heavy atom. The van der Waals surface area contributed by atoms with E-state index < -0.39 is 5.91 Å². The molecule has 0 saturated carbocycles. The normalized spacial score (nSPS) is 10.4. The molecule has 5 nitrogen and oxygen atoms in total. The van der Waals surface area contributed by atoms with E-state index in [-0.39, 0.29) is 5.75 Å². The molecule has 0 bridgehead atoms. The molecule has 0 aliphatic heterocycles. The van der Waals surface area contributed by atoms with Crippen LogP contribution in [0.2, 0.25) is 0 Å². The summed E-state index contributed by atoms with van der Waals surface area (Å²) in [6.07, 6.45) is 3.20. The highest BCUT2D eigenvalue weighted by molar-refractivity contribution is 5.95. The second-order valence-corrected chi connectivity index (χ2v) is 4.42. The van der Waals surface area contributed by atoms with Crippen LogP contribution >= 0.6 is 0 Å². The molecular weight excluding hydrogens is 280 g/mol. The van der Waals surface area contributed by atoms with Gasteiger partial charge in [0, 0.05) is 5.56 Å². The lowest BCUT2D eigenvalue weighted by atomic mass is 10.2. The highest BCUT2D eigenvalue weighted by Crippen LogP contribution is 2.11. The van der Waals surface area contributed by atoms with Crippen molar-refractivity contribution in [1.29, 1.82) is 0 Å². The fourth-order valence-corrected chi connectivity index (χ4v) is 1.68. The van der Waals surface area contributed by atoms with E-state index in [1.807, 2.05) is 24.3 Å². The van der Waals surface area contributed by atoms with E-state index in [4.69, 9.17) is 4.74 Å². The third-order valence-electron chi connectivity index (χ3n) is 2.74. The van der Waals surface area contributed by atoms with Crippen LogP contribution in [0.25, 0.3) is 0 Å². The van der Waals surface area contributed by atoms with E-state index in [0.717, 1.165) is 11.3 Å². The molecule has 0 radical (unpaired) electrons. The lowest BCUT2D eigenvalue weighted by Gasteiger charge is -2.03. The van der Waals surface area contributed by atoms with Gasteiger partial charge in [0.1, 0.15) is 18.1 Å². The minimum Gasteiger partial charge on any atom is -0.508 e. The lowest BCUT2D eigenvalue weighted by Crippen LogP contribution is -2.17. The van der Waals surface area contributed by atoms with Gasteiger partial charge >= 0.3 is 0 Å². The van der Waals surface area contributed by atoms with Gasteiger partial charge in [-0.05, 0) is 48.0 Å². The third kappa shape index (κ3) is 4.49. The van der Waals surface area contributed by atoms with Crippen LogP contribution in [0, 0.1) is 0 Å². The van der Waals surface area contributed by atoms with E-state index in [2.05, 4.69) is 17.1 Å². The van der Waals surface area contributed by atoms with E-state index in [1.54, 1.807) is 18.2 Å². The first kappa shape index (κ1) is 15.3. The molecule has 2 N–H and O–H groups in total. The monoisotopic (exact) mass is 296 g/mol. The highest BCUT2D eigenvalue weighted by Gasteiger charge is 2.04. The van der Waals surface area contributed by atoms with Gasteiger partial charge in [-0.25, -0.2) is 5.43 Å². The van der Waals surface area contributed by atoms with Crippen molar-refractivity contribution in [2.75, 3.05) is 6.61 Å². The predicted molar refractivity (Wildman–Crippen MR) is 85.3 cm³/mol. The van der Waals surface area contributed by atoms with E-state index in [0.29, 0.717) is 12.2 Å². The zero-order chi connectivity index (χ0) is 15.8. The van der Waals surface area contributed by atoms with Gasteiger partial charge in [0.25, 0.3) is 5.91 Å². The van der Waals surface area contributed by atoms with Crippen LogP contribution in [0.15, 0.2) is 66.3 Å². The number of hydrazone groups is 1. The van der Waals surface area contributed by atoms with Crippen LogP contribution in [-0.2, 0) is 0 Å². The summed E-state index contributed by atoms with van der Waals surface area (Å²) in [5, 5.41) is 13.2. The molecule has 0 unspecified atom stereocenters. The number of carbonyl (C=O) groups excluding carboxylic acids is 1. The summed E-state index contributed by atoms with van der Waals surface area (Å²) in [6, 6.07) is 13.3. The van der Waals surface area contributed by atoms with Crippen LogP contribution in [-0.4, -0.2) is 23.8 Å². The highest BCUT2D eigenvalue weighted by atomic mass is 16.5. The largest absolute Gasteiger partial charge is 0.508 e. The Hall–Kier alpha value is -3.08. The maximum atomic E-state index is 11.8. The third-order valence-corrected chi connectivity index (χ3v) is 2.74. The Labute approximate surface area is 128 Å². The van der Waals surface area contributed by atoms with Crippen LogP contribution in [0.3, 0.4) is 0 Å². The summed E-state index contributed by atoms with van der Waals surface area (Å²) in [6.45, 7) is 4.03. The second-order valence-electron chi connectivity index (χ2n) is 4.42. The van der Waals surface area contributed by atoms with Crippen LogP contribution in [0.1, 0.15) is 15.9 Å². The Bertz CT molecular complexity index is 679. The number of aromatic hydroxyl groups is 1. The van der Waals surface area contributed by atoms with Gasteiger partial charge < -0.3 is 9.84 Å². The summed E-state index contributed by atoms with van der Waals surface area (Å²) in [7, 11) is 0. The number of nitrogens with zero attached hydrogens (tertiary/aromatic N) is 1. The predicted octanol–water partition coefficient (Wildman–Crippen LogP) is 2.72. The number of amides is 1. The molecule has 0 spiro atoms. The van der Waals surface area contributed by atoms with Crippen LogP contribution in [0.4, 0.5) is 0 Å². The number of phenols is 1. The molecule has 0 fully saturated rings. The molecule has 2 aromatic rings. The van der Waals surface area contributed by atoms with Crippen molar-refractivity contribution in [2.45, 2.75) is 0 Å². The molecule has 0 aliphatic rings. The number of hydrogen-bond acceptors (Lipinski definition) is 4. The lowest BCUT2D eigenvalue weighted by molar-refractivity contribution is 0.0954. The van der Waals surface area contributed by atoms with Gasteiger partial charge in [0.15, 0.2) is 0 Å². The summed E-state index contributed by atoms with van der Waals surface area (Å²) < 4.78 is 5.37. The molecule has 2 rings (SSSR count). The van der Waals surface area contributed by atoms with Gasteiger partial charge in [-0.15, -0.1) is 0 Å². The molecule has 2 aromatic carbocycles. The fraction of sp³-hybridized carbons (Fsp3) is 0.0588. The molecule has 0 saturated heterocycles. The molecular formula is C17H16N2O3. The van der Waals surface area contributed by atoms with Crippen molar-refractivity contribution in [3.63, 3.8) is 0 Å². The summed E-state index contributed by atoms with van der Waals surface area (Å²) in [5.41, 5.74) is 3.56. The number of hydrogen-bond donors (Lipinski definition) is 2. The molecule has 0 aromatic heterocycles. The number of nitrogens with one attached hydrogen (secondary N) is 1. The molecule has 0 atom stereocenters. The standard InChI is InChI=1S/C17H16N2O3/c1-2-10-22-16-8-6-13(7-9-16)12-18-19-17(21)14-4-3-5-15(20)11-14/h2-9,11-12,20H,1,10H2,(H,19,21). The number of ether oxygens (including phenoxy) is 1. The maximum absolute atomic E-state index is 11.8. The second kappa shape index (κ2) is 7.64. The molecule has 5 heteroatoms. The zero-order valence-electron chi connectivity index (χ0n) is 11.9. The van der Waals surface area contributed by atoms with E-state index >= 15 is 0 Å². The molecule has 1 amide bonds. The minimum atomic E-state index is -0.391. The first-order chi connectivity index (χ1) is 10.7. The van der Waals surface area contributed by atoms with Crippen molar-refractivity contribution in [3.05, 3.63) is 72.3 Å². The van der Waals surface area contributed by atoms with Gasteiger partial charge in [0.05, 0.1) is 6.21 Å². The minimum absolute atomic E-state index is 0.0340. The summed E-state index contributed by atoms with van der Waals surface area (Å²) >= 11 is 0. The van der Waals surface area contributed by atoms with Crippen LogP contribution in [0.5, 0.6) is 11.5 Å². The van der Waals surface area contributed by atoms with Crippen molar-refractivity contribution in [3.8, 4) is 11.5 Å². The first-order valence-electron chi connectivity index (χ1n) is 6.65. The molecule has 112 valence electrons. The van der Waals surface area contributed by atoms with Crippen molar-refractivity contribution in [2.24, 2.45) is 5.10 Å². The average Bonchev–Trinajstić information content (AvgIpc) is 2.54. The number of benzene rings is 2. The smallest absolute Gasteiger partial charge is 0.271 e. The van der Waals surface area contributed by atoms with Crippen molar-refractivity contribution in [1.82, 2.24) is 5.43 Å². The van der Waals surface area contributed by atoms with Gasteiger partial charge in [0.2, 0.25) is 0 Å². The number of carbonyl (C=O) groups is 1. The SMILES string of the molecule is C=CCOc1ccc(C=NNC(=O)c2cccc(O)c2)cc1. The molecule has 22 heavy (non-hydrogen) atoms. The summed E-state index contributed by atoms with van der Waals surface area (Å²) in [4.78, 5) is 11.8. The Morgan fingerprint density at radius 3 is 2.73 bits per heavy atom. The van der Waals surface area contributed by atoms with Crippen molar-refractivity contribution >= 4 is 12.1 Å². The Morgan fingerprint density at radius 2 is 2.05 bits per heavy atom. The quantitative estimate of drug-likeness (QED) is 0.489. The van der Waals surface area contributed by atoms with E-state index in [1.165, 1.54) is 18.3 Å². The number of rotatable bonds is 6. The number of phenolic OH excluding ortho intramolecular Hbond substituents is 1. The Balaban J connectivity index is 1.91. The maximum Gasteiger partial charge on any atom is 0.271 e. The topological polar surface area (TPSA) is 70.9 Å². The van der Waals surface area contributed by atoms with Gasteiger partial charge in [-0.3, -0.25) is 4.79 Å². The van der Waals surface area contributed by atoms with Gasteiger partial charge in [-0.1, -0.05) is 18.7 Å². The van der Waals surface area contributed by atoms with Crippen LogP contribution < -0.4 is 10.2 Å². The van der Waals surface area contributed by atoms with E-state index in [9.17, 15) is 9.90 Å². The summed E-state index contributed by atoms with van der Waals surface area (Å²) in [5.74, 6) is 0.380. The molecule has 0 aliphatic carbocycles.